The van der Waals surface area contributed by atoms with E-state index in [1.807, 2.05) is 24.3 Å². The Morgan fingerprint density at radius 2 is 1.78 bits per heavy atom. The number of halogens is 1. The van der Waals surface area contributed by atoms with E-state index in [1.165, 1.54) is 17.6 Å². The van der Waals surface area contributed by atoms with Crippen LogP contribution >= 0.6 is 22.9 Å². The first-order valence-electron chi connectivity index (χ1n) is 11.2. The molecule has 0 aliphatic carbocycles. The van der Waals surface area contributed by atoms with Crippen LogP contribution in [0.4, 0.5) is 0 Å². The molecule has 0 amide bonds. The number of fused-ring (bicyclic) bond motifs is 1. The maximum Gasteiger partial charge on any atom is 0.327 e. The minimum Gasteiger partial charge on any atom is -0.468 e. The lowest BCUT2D eigenvalue weighted by Gasteiger charge is -2.33. The molecule has 3 rings (SSSR count). The lowest BCUT2D eigenvalue weighted by molar-refractivity contribution is -0.147. The highest BCUT2D eigenvalue weighted by molar-refractivity contribution is 7.86. The Labute approximate surface area is 224 Å². The number of ether oxygens (including phenoxy) is 1. The van der Waals surface area contributed by atoms with Gasteiger partial charge in [0.25, 0.3) is 10.1 Å². The number of rotatable bonds is 10. The molecule has 2 aromatic rings. The average Bonchev–Trinajstić information content (AvgIpc) is 3.35. The second-order valence-electron chi connectivity index (χ2n) is 8.29. The van der Waals surface area contributed by atoms with Crippen LogP contribution in [0.1, 0.15) is 22.0 Å². The van der Waals surface area contributed by atoms with Gasteiger partial charge in [-0.05, 0) is 35.1 Å². The van der Waals surface area contributed by atoms with Gasteiger partial charge in [-0.1, -0.05) is 29.8 Å². The van der Waals surface area contributed by atoms with Crippen LogP contribution in [0, 0.1) is 0 Å². The molecule has 1 aliphatic heterocycles. The van der Waals surface area contributed by atoms with Crippen molar-refractivity contribution in [2.24, 2.45) is 0 Å². The summed E-state index contributed by atoms with van der Waals surface area (Å²) in [7, 11) is -2.57. The summed E-state index contributed by atoms with van der Waals surface area (Å²) < 4.78 is 30.9. The minimum absolute atomic E-state index is 0.262. The summed E-state index contributed by atoms with van der Waals surface area (Å²) in [6.45, 7) is -0.124. The molecule has 1 aromatic carbocycles. The van der Waals surface area contributed by atoms with Crippen molar-refractivity contribution >= 4 is 39.0 Å². The van der Waals surface area contributed by atoms with Gasteiger partial charge in [0, 0.05) is 23.0 Å². The summed E-state index contributed by atoms with van der Waals surface area (Å²) in [6, 6.07) is 9.16. The van der Waals surface area contributed by atoms with Crippen molar-refractivity contribution in [1.82, 2.24) is 4.90 Å². The molecule has 5 atom stereocenters. The van der Waals surface area contributed by atoms with E-state index in [-0.39, 0.29) is 5.97 Å². The number of benzene rings is 1. The normalized spacial score (nSPS) is 17.9. The van der Waals surface area contributed by atoms with Gasteiger partial charge in [-0.3, -0.25) is 9.08 Å². The van der Waals surface area contributed by atoms with Gasteiger partial charge < -0.3 is 30.3 Å². The summed E-state index contributed by atoms with van der Waals surface area (Å²) in [5.41, 5.74) is 2.11. The molecule has 0 unspecified atom stereocenters. The number of carbonyl (C=O) groups is 1. The lowest BCUT2D eigenvalue weighted by atomic mass is 10.0. The van der Waals surface area contributed by atoms with Crippen molar-refractivity contribution in [3.05, 3.63) is 56.7 Å². The zero-order valence-corrected chi connectivity index (χ0v) is 22.7. The Balaban J connectivity index is 0.000000273. The molecule has 1 aromatic heterocycles. The maximum atomic E-state index is 12.3. The molecule has 11 nitrogen and oxygen atoms in total. The summed E-state index contributed by atoms with van der Waals surface area (Å²) >= 11 is 8.07. The number of methoxy groups -OCH3 is 1. The van der Waals surface area contributed by atoms with Crippen LogP contribution in [0.3, 0.4) is 0 Å². The zero-order valence-electron chi connectivity index (χ0n) is 20.3. The number of aliphatic hydroxyl groups excluding tert-OH is 5. The Morgan fingerprint density at radius 1 is 1.14 bits per heavy atom. The summed E-state index contributed by atoms with van der Waals surface area (Å²) in [5.74, 6) is -0.262. The first-order valence-corrected chi connectivity index (χ1v) is 14.3. The number of esters is 1. The van der Waals surface area contributed by atoms with Crippen LogP contribution in [-0.2, 0) is 36.8 Å². The molecule has 0 fully saturated rings. The first kappa shape index (κ1) is 31.6. The molecule has 0 spiro atoms. The molecule has 1 aliphatic rings. The summed E-state index contributed by atoms with van der Waals surface area (Å²) in [4.78, 5) is 15.8. The quantitative estimate of drug-likeness (QED) is 0.190. The smallest absolute Gasteiger partial charge is 0.327 e. The van der Waals surface area contributed by atoms with Gasteiger partial charge >= 0.3 is 5.97 Å². The second-order valence-corrected chi connectivity index (χ2v) is 11.3. The minimum atomic E-state index is -3.99. The third-order valence-electron chi connectivity index (χ3n) is 5.60. The van der Waals surface area contributed by atoms with Gasteiger partial charge in [-0.15, -0.1) is 11.3 Å². The fourth-order valence-corrected chi connectivity index (χ4v) is 5.53. The van der Waals surface area contributed by atoms with Crippen LogP contribution in [0.2, 0.25) is 5.02 Å². The molecule has 14 heteroatoms. The van der Waals surface area contributed by atoms with Crippen LogP contribution < -0.4 is 0 Å². The third kappa shape index (κ3) is 8.96. The highest BCUT2D eigenvalue weighted by atomic mass is 35.5. The van der Waals surface area contributed by atoms with E-state index < -0.39 is 53.8 Å². The highest BCUT2D eigenvalue weighted by Crippen LogP contribution is 2.33. The topological polar surface area (TPSA) is 174 Å². The van der Waals surface area contributed by atoms with Gasteiger partial charge in [0.15, 0.2) is 0 Å². The molecule has 2 heterocycles. The fourth-order valence-electron chi connectivity index (χ4n) is 3.75. The van der Waals surface area contributed by atoms with Crippen molar-refractivity contribution in [1.29, 1.82) is 0 Å². The summed E-state index contributed by atoms with van der Waals surface area (Å²) in [6.07, 6.45) is -5.34. The molecule has 0 saturated heterocycles. The van der Waals surface area contributed by atoms with Crippen molar-refractivity contribution in [2.45, 2.75) is 43.4 Å². The summed E-state index contributed by atoms with van der Waals surface area (Å²) in [5, 5.41) is 47.5. The average molecular weight is 582 g/mol. The molecular weight excluding hydrogens is 550 g/mol. The number of thiophene rings is 1. The Hall–Kier alpha value is -1.65. The van der Waals surface area contributed by atoms with E-state index in [2.05, 4.69) is 20.5 Å². The van der Waals surface area contributed by atoms with Gasteiger partial charge in [0.05, 0.1) is 26.6 Å². The van der Waals surface area contributed by atoms with Crippen molar-refractivity contribution in [3.8, 4) is 0 Å². The Kier molecular flexibility index (Phi) is 12.4. The molecule has 5 N–H and O–H groups in total. The first-order chi connectivity index (χ1) is 17.4. The SMILES string of the molecule is COC(=O)[C@H](c1ccccc1Cl)N1CCc2sccc2C1.CS(=O)(=O)O[C@@H]([C@H](O)[C@H](O)CO)[C@H](O)CO. The van der Waals surface area contributed by atoms with Crippen LogP contribution in [0.25, 0.3) is 0 Å². The number of hydrogen-bond acceptors (Lipinski definition) is 12. The third-order valence-corrected chi connectivity index (χ3v) is 7.54. The van der Waals surface area contributed by atoms with Crippen LogP contribution in [0.5, 0.6) is 0 Å². The van der Waals surface area contributed by atoms with E-state index >= 15 is 0 Å². The second kappa shape index (κ2) is 14.5. The van der Waals surface area contributed by atoms with Gasteiger partial charge in [0.2, 0.25) is 0 Å². The molecule has 208 valence electrons. The molecule has 0 saturated carbocycles. The van der Waals surface area contributed by atoms with Gasteiger partial charge in [0.1, 0.15) is 30.5 Å². The van der Waals surface area contributed by atoms with Gasteiger partial charge in [-0.25, -0.2) is 4.79 Å². The van der Waals surface area contributed by atoms with Crippen molar-refractivity contribution < 1.29 is 47.7 Å². The van der Waals surface area contributed by atoms with Crippen LogP contribution in [-0.4, -0.2) is 102 Å². The van der Waals surface area contributed by atoms with Crippen molar-refractivity contribution in [2.75, 3.05) is 33.1 Å². The van der Waals surface area contributed by atoms with Crippen LogP contribution in [0.15, 0.2) is 35.7 Å². The van der Waals surface area contributed by atoms with E-state index in [0.717, 1.165) is 25.1 Å². The monoisotopic (exact) mass is 581 g/mol. The molecular formula is C23H32ClNO10S2. The zero-order chi connectivity index (χ0) is 27.8. The van der Waals surface area contributed by atoms with Gasteiger partial charge in [-0.2, -0.15) is 8.42 Å². The predicted octanol–water partition coefficient (Wildman–Crippen LogP) is 0.0724. The molecule has 0 radical (unpaired) electrons. The number of nitrogens with zero attached hydrogens (tertiary/aromatic N) is 1. The van der Waals surface area contributed by atoms with Crippen molar-refractivity contribution in [3.63, 3.8) is 0 Å². The molecule has 0 bridgehead atoms. The standard InChI is InChI=1S/C16H16ClNO2S.C7H16O8S/c1-20-16(19)15(12-4-2-3-5-13(12)17)18-8-6-14-11(10-18)7-9-21-14;1-16(13,14)15-7(5(11)3-9)6(12)4(10)2-8/h2-5,7,9,15H,6,8,10H2,1H3;4-12H,2-3H2,1H3/t15-;4-,5-,6-,7-/m01/s1. The number of hydrogen-bond donors (Lipinski definition) is 5. The number of carbonyl (C=O) groups excluding carboxylic acids is 1. The Morgan fingerprint density at radius 3 is 2.35 bits per heavy atom. The largest absolute Gasteiger partial charge is 0.468 e. The molecule has 37 heavy (non-hydrogen) atoms. The fraction of sp³-hybridized carbons (Fsp3) is 0.522. The lowest BCUT2D eigenvalue weighted by Crippen LogP contribution is -2.49. The highest BCUT2D eigenvalue weighted by Gasteiger charge is 2.35. The Bertz CT molecular complexity index is 1110. The predicted molar refractivity (Wildman–Crippen MR) is 137 cm³/mol. The number of aliphatic hydroxyl groups is 5. The van der Waals surface area contributed by atoms with E-state index in [4.69, 9.17) is 31.7 Å². The van der Waals surface area contributed by atoms with E-state index in [9.17, 15) is 23.4 Å². The maximum absolute atomic E-state index is 12.3. The van der Waals surface area contributed by atoms with E-state index in [0.29, 0.717) is 11.3 Å². The van der Waals surface area contributed by atoms with E-state index in [1.54, 1.807) is 11.3 Å².